The molecular weight excluding hydrogens is 210 g/mol. The summed E-state index contributed by atoms with van der Waals surface area (Å²) in [5, 5.41) is 9.67. The minimum atomic E-state index is -0.274. The Bertz CT molecular complexity index is 376. The van der Waals surface area contributed by atoms with Gasteiger partial charge in [0.2, 0.25) is 11.8 Å². The summed E-state index contributed by atoms with van der Waals surface area (Å²) >= 11 is 0. The van der Waals surface area contributed by atoms with E-state index in [2.05, 4.69) is 20.8 Å². The number of hydrogen-bond acceptors (Lipinski definition) is 6. The highest BCUT2D eigenvalue weighted by atomic mass is 16.5. The Morgan fingerprint density at radius 3 is 2.94 bits per heavy atom. The van der Waals surface area contributed by atoms with Crippen molar-refractivity contribution in [2.75, 3.05) is 32.1 Å². The highest BCUT2D eigenvalue weighted by Crippen LogP contribution is 2.08. The molecule has 0 radical (unpaired) electrons. The Morgan fingerprint density at radius 2 is 2.31 bits per heavy atom. The van der Waals surface area contributed by atoms with Crippen LogP contribution < -0.4 is 15.5 Å². The third kappa shape index (κ3) is 2.30. The maximum atomic E-state index is 11.5. The molecule has 16 heavy (non-hydrogen) atoms. The first kappa shape index (κ1) is 10.9. The molecule has 1 aliphatic rings. The molecule has 0 saturated carbocycles. The Balaban J connectivity index is 1.99. The van der Waals surface area contributed by atoms with Gasteiger partial charge in [-0.3, -0.25) is 4.79 Å². The van der Waals surface area contributed by atoms with Crippen LogP contribution in [0.25, 0.3) is 0 Å². The highest BCUT2D eigenvalue weighted by molar-refractivity contribution is 5.82. The van der Waals surface area contributed by atoms with Crippen molar-refractivity contribution in [1.29, 1.82) is 0 Å². The summed E-state index contributed by atoms with van der Waals surface area (Å²) in [5.74, 6) is 0.973. The van der Waals surface area contributed by atoms with Crippen LogP contribution in [0.4, 0.5) is 5.95 Å². The summed E-state index contributed by atoms with van der Waals surface area (Å²) < 4.78 is 5.05. The van der Waals surface area contributed by atoms with Crippen LogP contribution in [-0.4, -0.2) is 49.3 Å². The Hall–Kier alpha value is -1.63. The molecule has 0 spiro atoms. The first-order valence-corrected chi connectivity index (χ1v) is 5.18. The molecule has 0 aromatic carbocycles. The summed E-state index contributed by atoms with van der Waals surface area (Å²) in [7, 11) is 3.67. The lowest BCUT2D eigenvalue weighted by Crippen LogP contribution is -2.53. The third-order valence-corrected chi connectivity index (χ3v) is 2.37. The number of carbonyl (C=O) groups excluding carboxylic acids is 1. The molecule has 1 aromatic heterocycles. The molecule has 1 unspecified atom stereocenters. The number of hydrogen-bond donors (Lipinski definition) is 2. The molecule has 7 heteroatoms. The summed E-state index contributed by atoms with van der Waals surface area (Å²) in [6.07, 6.45) is 0.423. The molecular formula is C9H15N5O2. The first-order valence-electron chi connectivity index (χ1n) is 5.18. The average Bonchev–Trinajstić information content (AvgIpc) is 2.70. The van der Waals surface area contributed by atoms with Gasteiger partial charge in [-0.15, -0.1) is 0 Å². The van der Waals surface area contributed by atoms with Gasteiger partial charge in [0.1, 0.15) is 0 Å². The molecule has 88 valence electrons. The minimum absolute atomic E-state index is 0.0177. The van der Waals surface area contributed by atoms with E-state index in [1.165, 1.54) is 0 Å². The van der Waals surface area contributed by atoms with Crippen molar-refractivity contribution >= 4 is 11.9 Å². The molecule has 1 fully saturated rings. The predicted octanol–water partition coefficient (Wildman–Crippen LogP) is -1.23. The average molecular weight is 225 g/mol. The van der Waals surface area contributed by atoms with Gasteiger partial charge in [-0.2, -0.15) is 4.98 Å². The zero-order valence-corrected chi connectivity index (χ0v) is 9.36. The summed E-state index contributed by atoms with van der Waals surface area (Å²) in [4.78, 5) is 17.4. The quantitative estimate of drug-likeness (QED) is 0.670. The van der Waals surface area contributed by atoms with E-state index in [1.807, 2.05) is 14.1 Å². The lowest BCUT2D eigenvalue weighted by Gasteiger charge is -2.21. The number of nitrogens with zero attached hydrogens (tertiary/aromatic N) is 3. The lowest BCUT2D eigenvalue weighted by atomic mass is 10.1. The normalized spacial score (nSPS) is 20.6. The molecule has 1 saturated heterocycles. The van der Waals surface area contributed by atoms with Crippen molar-refractivity contribution < 1.29 is 9.32 Å². The maximum absolute atomic E-state index is 11.5. The molecule has 0 bridgehead atoms. The number of amides is 1. The molecule has 7 nitrogen and oxygen atoms in total. The van der Waals surface area contributed by atoms with Crippen molar-refractivity contribution in [1.82, 2.24) is 20.8 Å². The Labute approximate surface area is 93.2 Å². The highest BCUT2D eigenvalue weighted by Gasteiger charge is 2.24. The number of aromatic nitrogens is 2. The molecule has 1 aromatic rings. The van der Waals surface area contributed by atoms with Crippen LogP contribution in [0.2, 0.25) is 0 Å². The van der Waals surface area contributed by atoms with Crippen LogP contribution in [-0.2, 0) is 11.2 Å². The third-order valence-electron chi connectivity index (χ3n) is 2.37. The molecule has 1 atom stereocenters. The second-order valence-electron chi connectivity index (χ2n) is 3.88. The van der Waals surface area contributed by atoms with Gasteiger partial charge >= 0.3 is 0 Å². The van der Waals surface area contributed by atoms with Crippen molar-refractivity contribution in [3.63, 3.8) is 0 Å². The van der Waals surface area contributed by atoms with E-state index in [0.29, 0.717) is 24.8 Å². The smallest absolute Gasteiger partial charge is 0.265 e. The van der Waals surface area contributed by atoms with E-state index >= 15 is 0 Å². The van der Waals surface area contributed by atoms with Gasteiger partial charge in [0.05, 0.1) is 12.5 Å². The number of rotatable bonds is 3. The van der Waals surface area contributed by atoms with Gasteiger partial charge in [-0.05, 0) is 5.16 Å². The van der Waals surface area contributed by atoms with Gasteiger partial charge in [0, 0.05) is 27.2 Å². The molecule has 2 rings (SSSR count). The van der Waals surface area contributed by atoms with Gasteiger partial charge in [0.25, 0.3) is 5.95 Å². The Morgan fingerprint density at radius 1 is 1.50 bits per heavy atom. The van der Waals surface area contributed by atoms with Crippen molar-refractivity contribution in [2.45, 2.75) is 12.5 Å². The fourth-order valence-electron chi connectivity index (χ4n) is 1.50. The summed E-state index contributed by atoms with van der Waals surface area (Å²) in [5.41, 5.74) is 0. The lowest BCUT2D eigenvalue weighted by molar-refractivity contribution is -0.124. The monoisotopic (exact) mass is 225 g/mol. The predicted molar refractivity (Wildman–Crippen MR) is 57.1 cm³/mol. The van der Waals surface area contributed by atoms with E-state index in [9.17, 15) is 4.79 Å². The number of nitrogens with one attached hydrogen (secondary N) is 2. The van der Waals surface area contributed by atoms with E-state index in [0.717, 1.165) is 6.54 Å². The van der Waals surface area contributed by atoms with Crippen LogP contribution in [0, 0.1) is 0 Å². The number of carbonyl (C=O) groups is 1. The van der Waals surface area contributed by atoms with Crippen molar-refractivity contribution in [2.24, 2.45) is 0 Å². The standard InChI is InChI=1S/C9H15N5O2/c1-14(2)9-12-7(16-13-9)5-6-8(15)11-4-3-10-6/h6,10H,3-5H2,1-2H3,(H,11,15). The number of piperazine rings is 1. The summed E-state index contributed by atoms with van der Waals surface area (Å²) in [6, 6.07) is -0.274. The van der Waals surface area contributed by atoms with Crippen LogP contribution in [0.1, 0.15) is 5.89 Å². The zero-order valence-electron chi connectivity index (χ0n) is 9.36. The fraction of sp³-hybridized carbons (Fsp3) is 0.667. The van der Waals surface area contributed by atoms with E-state index in [1.54, 1.807) is 4.90 Å². The van der Waals surface area contributed by atoms with E-state index < -0.39 is 0 Å². The topological polar surface area (TPSA) is 83.3 Å². The van der Waals surface area contributed by atoms with Crippen molar-refractivity contribution in [3.8, 4) is 0 Å². The molecule has 2 heterocycles. The molecule has 1 amide bonds. The minimum Gasteiger partial charge on any atom is -0.353 e. The number of anilines is 1. The SMILES string of the molecule is CN(C)c1noc(CC2NCCNC2=O)n1. The van der Waals surface area contributed by atoms with Gasteiger partial charge in [-0.1, -0.05) is 0 Å². The van der Waals surface area contributed by atoms with E-state index in [-0.39, 0.29) is 11.9 Å². The second kappa shape index (κ2) is 4.48. The van der Waals surface area contributed by atoms with Crippen LogP contribution >= 0.6 is 0 Å². The molecule has 0 aliphatic carbocycles. The Kier molecular flexibility index (Phi) is 3.04. The largest absolute Gasteiger partial charge is 0.353 e. The van der Waals surface area contributed by atoms with Crippen LogP contribution in [0.5, 0.6) is 0 Å². The molecule has 2 N–H and O–H groups in total. The maximum Gasteiger partial charge on any atom is 0.265 e. The zero-order chi connectivity index (χ0) is 11.5. The summed E-state index contributed by atoms with van der Waals surface area (Å²) in [6.45, 7) is 1.44. The van der Waals surface area contributed by atoms with Crippen molar-refractivity contribution in [3.05, 3.63) is 5.89 Å². The van der Waals surface area contributed by atoms with E-state index in [4.69, 9.17) is 4.52 Å². The van der Waals surface area contributed by atoms with Gasteiger partial charge in [0.15, 0.2) is 0 Å². The van der Waals surface area contributed by atoms with Gasteiger partial charge in [-0.25, -0.2) is 0 Å². The second-order valence-corrected chi connectivity index (χ2v) is 3.88. The van der Waals surface area contributed by atoms with Gasteiger partial charge < -0.3 is 20.1 Å². The molecule has 1 aliphatic heterocycles. The fourth-order valence-corrected chi connectivity index (χ4v) is 1.50. The van der Waals surface area contributed by atoms with Crippen LogP contribution in [0.15, 0.2) is 4.52 Å². The first-order chi connectivity index (χ1) is 7.66. The van der Waals surface area contributed by atoms with Crippen LogP contribution in [0.3, 0.4) is 0 Å².